The second kappa shape index (κ2) is 19.6. The van der Waals surface area contributed by atoms with Crippen LogP contribution in [-0.2, 0) is 9.53 Å². The molecule has 1 aromatic carbocycles. The molecule has 216 valence electrons. The quantitative estimate of drug-likeness (QED) is 0.473. The first-order valence-electron chi connectivity index (χ1n) is 14.1. The van der Waals surface area contributed by atoms with Crippen molar-refractivity contribution in [2.24, 2.45) is 29.1 Å². The lowest BCUT2D eigenvalue weighted by molar-refractivity contribution is -0.132. The highest BCUT2D eigenvalue weighted by atomic mass is 19.1. The Hall–Kier alpha value is -1.50. The molecule has 37 heavy (non-hydrogen) atoms. The Morgan fingerprint density at radius 1 is 1.08 bits per heavy atom. The predicted octanol–water partition coefficient (Wildman–Crippen LogP) is 6.49. The first-order chi connectivity index (χ1) is 17.3. The second-order valence-corrected chi connectivity index (χ2v) is 11.9. The van der Waals surface area contributed by atoms with Crippen LogP contribution in [-0.4, -0.2) is 61.0 Å². The van der Waals surface area contributed by atoms with Gasteiger partial charge in [-0.2, -0.15) is 0 Å². The van der Waals surface area contributed by atoms with E-state index >= 15 is 0 Å². The molecule has 6 heteroatoms. The van der Waals surface area contributed by atoms with E-state index in [1.54, 1.807) is 6.07 Å². The zero-order valence-electron chi connectivity index (χ0n) is 24.9. The van der Waals surface area contributed by atoms with Crippen molar-refractivity contribution in [3.05, 3.63) is 35.6 Å². The molecule has 2 atom stereocenters. The van der Waals surface area contributed by atoms with Gasteiger partial charge in [-0.05, 0) is 85.8 Å². The van der Waals surface area contributed by atoms with E-state index < -0.39 is 0 Å². The average Bonchev–Trinajstić information content (AvgIpc) is 3.61. The summed E-state index contributed by atoms with van der Waals surface area (Å²) in [5, 5.41) is 17.0. The minimum absolute atomic E-state index is 0.162. The number of rotatable bonds is 3. The number of hydrogen-bond donors (Lipinski definition) is 2. The number of ether oxygens (including phenoxy) is 1. The lowest BCUT2D eigenvalue weighted by Gasteiger charge is -2.26. The Morgan fingerprint density at radius 3 is 1.92 bits per heavy atom. The maximum Gasteiger partial charge on any atom is 0.222 e. The van der Waals surface area contributed by atoms with Gasteiger partial charge in [-0.15, -0.1) is 0 Å². The fourth-order valence-corrected chi connectivity index (χ4v) is 3.22. The largest absolute Gasteiger partial charge is 0.396 e. The van der Waals surface area contributed by atoms with E-state index in [2.05, 4.69) is 34.6 Å². The van der Waals surface area contributed by atoms with Gasteiger partial charge in [0.25, 0.3) is 0 Å². The number of piperidine rings is 1. The Morgan fingerprint density at radius 2 is 1.68 bits per heavy atom. The number of aryl methyl sites for hydroxylation is 1. The average molecular weight is 526 g/mol. The first kappa shape index (κ1) is 35.5. The van der Waals surface area contributed by atoms with Crippen molar-refractivity contribution in [3.63, 3.8) is 0 Å². The first-order valence-corrected chi connectivity index (χ1v) is 14.1. The molecule has 1 saturated carbocycles. The number of carbonyl (C=O) groups excluding carboxylic acids is 1. The van der Waals surface area contributed by atoms with E-state index in [9.17, 15) is 9.18 Å². The van der Waals surface area contributed by atoms with Crippen molar-refractivity contribution in [1.82, 2.24) is 4.90 Å². The van der Waals surface area contributed by atoms with Crippen molar-refractivity contribution in [1.29, 1.82) is 0 Å². The summed E-state index contributed by atoms with van der Waals surface area (Å²) in [7, 11) is 1.87. The summed E-state index contributed by atoms with van der Waals surface area (Å²) in [4.78, 5) is 12.7. The summed E-state index contributed by atoms with van der Waals surface area (Å²) in [6.07, 6.45) is 6.80. The predicted molar refractivity (Wildman–Crippen MR) is 152 cm³/mol. The highest BCUT2D eigenvalue weighted by Gasteiger charge is 2.35. The molecule has 0 spiro atoms. The number of benzene rings is 1. The van der Waals surface area contributed by atoms with E-state index in [0.29, 0.717) is 42.3 Å². The highest BCUT2D eigenvalue weighted by molar-refractivity contribution is 5.76. The molecule has 0 aromatic heterocycles. The molecule has 2 saturated heterocycles. The monoisotopic (exact) mass is 525 g/mol. The molecular formula is C31H56FNO4. The number of hydrogen-bond acceptors (Lipinski definition) is 4. The summed E-state index contributed by atoms with van der Waals surface area (Å²) in [6, 6.07) is 6.50. The number of aliphatic hydroxyl groups excluding tert-OH is 2. The van der Waals surface area contributed by atoms with Gasteiger partial charge < -0.3 is 19.8 Å². The molecule has 4 rings (SSSR count). The molecule has 1 aromatic rings. The lowest BCUT2D eigenvalue weighted by Crippen LogP contribution is -2.35. The Balaban J connectivity index is 0.000000441. The Kier molecular flexibility index (Phi) is 18.8. The molecule has 3 fully saturated rings. The van der Waals surface area contributed by atoms with Gasteiger partial charge in [0.05, 0.1) is 0 Å². The third kappa shape index (κ3) is 19.3. The molecule has 2 aliphatic heterocycles. The number of nitrogens with zero attached hydrogens (tertiary/aromatic N) is 1. The van der Waals surface area contributed by atoms with E-state index in [4.69, 9.17) is 14.9 Å². The molecule has 1 aliphatic carbocycles. The van der Waals surface area contributed by atoms with Crippen LogP contribution in [0, 0.1) is 41.8 Å². The summed E-state index contributed by atoms with van der Waals surface area (Å²) >= 11 is 0. The summed E-state index contributed by atoms with van der Waals surface area (Å²) < 4.78 is 17.3. The molecule has 3 aliphatic rings. The van der Waals surface area contributed by atoms with Crippen LogP contribution in [0.15, 0.2) is 24.3 Å². The minimum Gasteiger partial charge on any atom is -0.396 e. The van der Waals surface area contributed by atoms with Crippen LogP contribution in [0.2, 0.25) is 0 Å². The number of halogens is 1. The van der Waals surface area contributed by atoms with E-state index in [0.717, 1.165) is 44.1 Å². The molecule has 1 amide bonds. The normalized spacial score (nSPS) is 21.0. The van der Waals surface area contributed by atoms with Crippen LogP contribution in [0.25, 0.3) is 0 Å². The van der Waals surface area contributed by atoms with Crippen molar-refractivity contribution in [2.45, 2.75) is 87.0 Å². The van der Waals surface area contributed by atoms with Crippen molar-refractivity contribution in [3.8, 4) is 0 Å². The number of likely N-dealkylation sites (tertiary alicyclic amines) is 1. The van der Waals surface area contributed by atoms with Gasteiger partial charge in [-0.1, -0.05) is 53.7 Å². The van der Waals surface area contributed by atoms with E-state index in [1.807, 2.05) is 31.9 Å². The summed E-state index contributed by atoms with van der Waals surface area (Å²) in [5.41, 5.74) is 1.31. The smallest absolute Gasteiger partial charge is 0.222 e. The molecule has 0 bridgehead atoms. The third-order valence-corrected chi connectivity index (χ3v) is 7.26. The molecule has 2 N–H and O–H groups in total. The second-order valence-electron chi connectivity index (χ2n) is 11.9. The number of amides is 1. The SMILES string of the molecule is CC(C)[C@@H](C)CO.CC1(CO)CC1.CC1CCOCC1.C[C@H]1CCC(=O)N(C)C1.Cc1cccc(F)c1. The zero-order valence-corrected chi connectivity index (χ0v) is 24.9. The zero-order chi connectivity index (χ0) is 28.4. The van der Waals surface area contributed by atoms with Gasteiger partial charge >= 0.3 is 0 Å². The Labute approximate surface area is 226 Å². The van der Waals surface area contributed by atoms with Gasteiger partial charge in [-0.25, -0.2) is 4.39 Å². The topological polar surface area (TPSA) is 70.0 Å². The fourth-order valence-electron chi connectivity index (χ4n) is 3.22. The summed E-state index contributed by atoms with van der Waals surface area (Å²) in [6.45, 7) is 18.3. The maximum absolute atomic E-state index is 12.2. The lowest BCUT2D eigenvalue weighted by atomic mass is 10.00. The van der Waals surface area contributed by atoms with Crippen LogP contribution < -0.4 is 0 Å². The molecule has 0 unspecified atom stereocenters. The maximum atomic E-state index is 12.2. The van der Waals surface area contributed by atoms with Crippen LogP contribution in [0.3, 0.4) is 0 Å². The van der Waals surface area contributed by atoms with Crippen molar-refractivity contribution >= 4 is 5.91 Å². The molecule has 0 radical (unpaired) electrons. The highest BCUT2D eigenvalue weighted by Crippen LogP contribution is 2.43. The van der Waals surface area contributed by atoms with Gasteiger partial charge in [0.15, 0.2) is 0 Å². The number of carbonyl (C=O) groups is 1. The van der Waals surface area contributed by atoms with E-state index in [-0.39, 0.29) is 5.82 Å². The van der Waals surface area contributed by atoms with Gasteiger partial charge in [0.1, 0.15) is 5.82 Å². The van der Waals surface area contributed by atoms with Gasteiger partial charge in [0, 0.05) is 46.4 Å². The van der Waals surface area contributed by atoms with E-state index in [1.165, 1.54) is 37.8 Å². The van der Waals surface area contributed by atoms with Gasteiger partial charge in [0.2, 0.25) is 5.91 Å². The van der Waals surface area contributed by atoms with Gasteiger partial charge in [-0.3, -0.25) is 4.79 Å². The van der Waals surface area contributed by atoms with Crippen molar-refractivity contribution in [2.75, 3.05) is 40.0 Å². The molecule has 5 nitrogen and oxygen atoms in total. The Bertz CT molecular complexity index is 700. The van der Waals surface area contributed by atoms with Crippen LogP contribution >= 0.6 is 0 Å². The van der Waals surface area contributed by atoms with Crippen LogP contribution in [0.5, 0.6) is 0 Å². The molecule has 2 heterocycles. The minimum atomic E-state index is -0.162. The standard InChI is InChI=1S/C7H7F.C7H13NO.C6H12O.C6H14O.C5H10O/c1-6-3-2-4-7(8)5-6;1-6-3-4-7(9)8(2)5-6;1-6-2-4-7-5-3-6;1-5(2)6(3)4-7;1-5(4-6)2-3-5/h2-5H,1H3;6H,3-5H2,1-2H3;6H,2-5H2,1H3;5-7H,4H2,1-3H3;6H,2-4H2,1H3/t;6-;;6-;/m.0.0./s1. The van der Waals surface area contributed by atoms with Crippen LogP contribution in [0.1, 0.15) is 85.6 Å². The third-order valence-electron chi connectivity index (χ3n) is 7.26. The van der Waals surface area contributed by atoms with Crippen molar-refractivity contribution < 1.29 is 24.1 Å². The van der Waals surface area contributed by atoms with Crippen LogP contribution in [0.4, 0.5) is 4.39 Å². The fraction of sp³-hybridized carbons (Fsp3) is 0.774. The molecular weight excluding hydrogens is 469 g/mol. The number of aliphatic hydroxyl groups is 2. The summed E-state index contributed by atoms with van der Waals surface area (Å²) in [5.74, 6) is 2.82.